The van der Waals surface area contributed by atoms with Crippen LogP contribution < -0.4 is 11.1 Å². The van der Waals surface area contributed by atoms with Crippen molar-refractivity contribution in [1.29, 1.82) is 0 Å². The average molecular weight is 203 g/mol. The van der Waals surface area contributed by atoms with Crippen molar-refractivity contribution in [3.8, 4) is 0 Å². The number of aromatic nitrogens is 3. The maximum atomic E-state index is 5.83. The third kappa shape index (κ3) is 1.35. The smallest absolute Gasteiger partial charge is 0.178 e. The van der Waals surface area contributed by atoms with Gasteiger partial charge in [-0.15, -0.1) is 0 Å². The number of pyridine rings is 1. The van der Waals surface area contributed by atoms with Crippen molar-refractivity contribution < 1.29 is 0 Å². The second-order valence-corrected chi connectivity index (χ2v) is 3.89. The Morgan fingerprint density at radius 3 is 3.20 bits per heavy atom. The average Bonchev–Trinajstić information content (AvgIpc) is 2.86. The number of anilines is 1. The van der Waals surface area contributed by atoms with Gasteiger partial charge in [0.2, 0.25) is 0 Å². The van der Waals surface area contributed by atoms with Crippen LogP contribution in [0.15, 0.2) is 18.3 Å². The fourth-order valence-electron chi connectivity index (χ4n) is 1.99. The standard InChI is InChI=1S/C10H13N5/c11-8-2-1-5-15-10(8)13-9(14-15)7-3-4-12-6-7/h1-2,5,7,12H,3-4,6,11H2. The molecule has 0 amide bonds. The second-order valence-electron chi connectivity index (χ2n) is 3.89. The van der Waals surface area contributed by atoms with Crippen LogP contribution in [0.3, 0.4) is 0 Å². The number of fused-ring (bicyclic) bond motifs is 1. The number of hydrogen-bond donors (Lipinski definition) is 2. The Hall–Kier alpha value is -1.62. The minimum atomic E-state index is 0.435. The number of nitrogens with two attached hydrogens (primary N) is 1. The summed E-state index contributed by atoms with van der Waals surface area (Å²) in [5, 5.41) is 7.75. The lowest BCUT2D eigenvalue weighted by Crippen LogP contribution is -2.08. The van der Waals surface area contributed by atoms with E-state index >= 15 is 0 Å². The van der Waals surface area contributed by atoms with Gasteiger partial charge in [-0.05, 0) is 25.1 Å². The number of hydrogen-bond acceptors (Lipinski definition) is 4. The molecule has 3 rings (SSSR count). The number of nitrogen functional groups attached to an aromatic ring is 1. The molecule has 1 atom stereocenters. The number of nitrogens with zero attached hydrogens (tertiary/aromatic N) is 3. The van der Waals surface area contributed by atoms with E-state index in [1.807, 2.05) is 18.3 Å². The zero-order chi connectivity index (χ0) is 10.3. The van der Waals surface area contributed by atoms with Gasteiger partial charge in [-0.3, -0.25) is 0 Å². The minimum Gasteiger partial charge on any atom is -0.396 e. The van der Waals surface area contributed by atoms with E-state index in [0.717, 1.165) is 31.0 Å². The molecule has 78 valence electrons. The van der Waals surface area contributed by atoms with Crippen molar-refractivity contribution in [2.24, 2.45) is 0 Å². The highest BCUT2D eigenvalue weighted by atomic mass is 15.3. The third-order valence-electron chi connectivity index (χ3n) is 2.83. The molecular formula is C10H13N5. The summed E-state index contributed by atoms with van der Waals surface area (Å²) in [5.74, 6) is 1.34. The van der Waals surface area contributed by atoms with E-state index in [1.165, 1.54) is 0 Å². The van der Waals surface area contributed by atoms with Crippen molar-refractivity contribution in [3.63, 3.8) is 0 Å². The first-order valence-corrected chi connectivity index (χ1v) is 5.16. The molecule has 0 bridgehead atoms. The molecule has 1 aliphatic rings. The highest BCUT2D eigenvalue weighted by molar-refractivity contribution is 5.63. The van der Waals surface area contributed by atoms with Gasteiger partial charge in [0.15, 0.2) is 11.5 Å². The van der Waals surface area contributed by atoms with Crippen molar-refractivity contribution in [3.05, 3.63) is 24.2 Å². The molecular weight excluding hydrogens is 190 g/mol. The summed E-state index contributed by atoms with van der Waals surface area (Å²) in [6.45, 7) is 2.02. The lowest BCUT2D eigenvalue weighted by Gasteiger charge is -1.99. The largest absolute Gasteiger partial charge is 0.396 e. The van der Waals surface area contributed by atoms with Gasteiger partial charge in [-0.2, -0.15) is 5.10 Å². The van der Waals surface area contributed by atoms with Gasteiger partial charge in [0.05, 0.1) is 5.69 Å². The Bertz CT molecular complexity index is 484. The van der Waals surface area contributed by atoms with E-state index in [-0.39, 0.29) is 0 Å². The summed E-state index contributed by atoms with van der Waals surface area (Å²) < 4.78 is 1.75. The number of rotatable bonds is 1. The van der Waals surface area contributed by atoms with Gasteiger partial charge in [-0.25, -0.2) is 9.50 Å². The van der Waals surface area contributed by atoms with Crippen molar-refractivity contribution in [1.82, 2.24) is 19.9 Å². The summed E-state index contributed by atoms with van der Waals surface area (Å²) in [7, 11) is 0. The summed E-state index contributed by atoms with van der Waals surface area (Å²) in [6, 6.07) is 3.73. The van der Waals surface area contributed by atoms with Crippen LogP contribution in [0, 0.1) is 0 Å². The summed E-state index contributed by atoms with van der Waals surface area (Å²) >= 11 is 0. The molecule has 15 heavy (non-hydrogen) atoms. The SMILES string of the molecule is Nc1cccn2nc(C3CCNC3)nc12. The van der Waals surface area contributed by atoms with Gasteiger partial charge >= 0.3 is 0 Å². The van der Waals surface area contributed by atoms with Crippen LogP contribution >= 0.6 is 0 Å². The molecule has 1 saturated heterocycles. The molecule has 0 spiro atoms. The van der Waals surface area contributed by atoms with Gasteiger partial charge in [0.1, 0.15) is 0 Å². The Balaban J connectivity index is 2.09. The van der Waals surface area contributed by atoms with Crippen LogP contribution in [0.5, 0.6) is 0 Å². The van der Waals surface area contributed by atoms with Crippen LogP contribution in [0.25, 0.3) is 5.65 Å². The molecule has 1 aliphatic heterocycles. The molecule has 1 fully saturated rings. The van der Waals surface area contributed by atoms with E-state index in [0.29, 0.717) is 11.6 Å². The summed E-state index contributed by atoms with van der Waals surface area (Å²) in [6.07, 6.45) is 2.99. The van der Waals surface area contributed by atoms with Crippen LogP contribution in [0.2, 0.25) is 0 Å². The first kappa shape index (κ1) is 8.67. The molecule has 0 aliphatic carbocycles. The molecule has 2 aromatic heterocycles. The Labute approximate surface area is 87.3 Å². The highest BCUT2D eigenvalue weighted by Gasteiger charge is 2.21. The van der Waals surface area contributed by atoms with E-state index in [9.17, 15) is 0 Å². The second kappa shape index (κ2) is 3.20. The van der Waals surface area contributed by atoms with Crippen LogP contribution in [0.1, 0.15) is 18.2 Å². The van der Waals surface area contributed by atoms with Crippen molar-refractivity contribution >= 4 is 11.3 Å². The van der Waals surface area contributed by atoms with Crippen LogP contribution in [-0.4, -0.2) is 27.7 Å². The van der Waals surface area contributed by atoms with Gasteiger partial charge < -0.3 is 11.1 Å². The lowest BCUT2D eigenvalue weighted by molar-refractivity contribution is 0.698. The molecule has 5 nitrogen and oxygen atoms in total. The maximum Gasteiger partial charge on any atom is 0.178 e. The normalized spacial score (nSPS) is 21.2. The maximum absolute atomic E-state index is 5.83. The first-order valence-electron chi connectivity index (χ1n) is 5.16. The third-order valence-corrected chi connectivity index (χ3v) is 2.83. The zero-order valence-corrected chi connectivity index (χ0v) is 8.35. The van der Waals surface area contributed by atoms with Crippen LogP contribution in [0.4, 0.5) is 5.69 Å². The van der Waals surface area contributed by atoms with Gasteiger partial charge in [-0.1, -0.05) is 0 Å². The van der Waals surface area contributed by atoms with Crippen molar-refractivity contribution in [2.45, 2.75) is 12.3 Å². The van der Waals surface area contributed by atoms with E-state index < -0.39 is 0 Å². The molecule has 0 saturated carbocycles. The topological polar surface area (TPSA) is 68.2 Å². The molecule has 3 N–H and O–H groups in total. The predicted octanol–water partition coefficient (Wildman–Crippen LogP) is 0.388. The van der Waals surface area contributed by atoms with E-state index in [1.54, 1.807) is 4.52 Å². The molecule has 3 heterocycles. The quantitative estimate of drug-likeness (QED) is 0.703. The van der Waals surface area contributed by atoms with E-state index in [4.69, 9.17) is 5.73 Å². The van der Waals surface area contributed by atoms with Crippen molar-refractivity contribution in [2.75, 3.05) is 18.8 Å². The molecule has 2 aromatic rings. The zero-order valence-electron chi connectivity index (χ0n) is 8.35. The Morgan fingerprint density at radius 1 is 1.53 bits per heavy atom. The van der Waals surface area contributed by atoms with E-state index in [2.05, 4.69) is 15.4 Å². The summed E-state index contributed by atoms with van der Waals surface area (Å²) in [4.78, 5) is 4.48. The number of nitrogens with one attached hydrogen (secondary N) is 1. The molecule has 1 unspecified atom stereocenters. The molecule has 0 aromatic carbocycles. The highest BCUT2D eigenvalue weighted by Crippen LogP contribution is 2.20. The fourth-order valence-corrected chi connectivity index (χ4v) is 1.99. The molecule has 5 heteroatoms. The van der Waals surface area contributed by atoms with Gasteiger partial charge in [0.25, 0.3) is 0 Å². The Kier molecular flexibility index (Phi) is 1.85. The Morgan fingerprint density at radius 2 is 2.47 bits per heavy atom. The summed E-state index contributed by atoms with van der Waals surface area (Å²) in [5.41, 5.74) is 7.28. The monoisotopic (exact) mass is 203 g/mol. The minimum absolute atomic E-state index is 0.435. The molecule has 0 radical (unpaired) electrons. The predicted molar refractivity (Wildman–Crippen MR) is 57.6 cm³/mol. The fraction of sp³-hybridized carbons (Fsp3) is 0.400. The van der Waals surface area contributed by atoms with Crippen LogP contribution in [-0.2, 0) is 0 Å². The van der Waals surface area contributed by atoms with Gasteiger partial charge in [0, 0.05) is 18.7 Å². The lowest BCUT2D eigenvalue weighted by atomic mass is 10.1. The first-order chi connectivity index (χ1) is 7.34.